The van der Waals surface area contributed by atoms with E-state index in [1.54, 1.807) is 0 Å². The highest BCUT2D eigenvalue weighted by Gasteiger charge is 2.17. The Balaban J connectivity index is 2.52. The molecule has 0 saturated carbocycles. The fourth-order valence-corrected chi connectivity index (χ4v) is 1.96. The van der Waals surface area contributed by atoms with Gasteiger partial charge in [0, 0.05) is 12.1 Å². The minimum absolute atomic E-state index is 0.589. The molecule has 13 heavy (non-hydrogen) atoms. The van der Waals surface area contributed by atoms with Crippen molar-refractivity contribution in [2.45, 2.75) is 32.6 Å². The summed E-state index contributed by atoms with van der Waals surface area (Å²) in [7, 11) is 0. The highest BCUT2D eigenvalue weighted by Crippen LogP contribution is 2.33. The number of hydrogen-bond donors (Lipinski definition) is 0. The number of aromatic nitrogens is 1. The normalized spacial score (nSPS) is 20.8. The molecule has 68 valence electrons. The van der Waals surface area contributed by atoms with Crippen LogP contribution in [0.4, 0.5) is 0 Å². The summed E-state index contributed by atoms with van der Waals surface area (Å²) in [5.74, 6) is 0.589. The SMILES string of the molecule is CCC1=CCC(C)c2ncccc21. The van der Waals surface area contributed by atoms with Gasteiger partial charge in [-0.25, -0.2) is 0 Å². The second-order valence-corrected chi connectivity index (χ2v) is 3.66. The number of pyridine rings is 1. The average molecular weight is 173 g/mol. The van der Waals surface area contributed by atoms with Gasteiger partial charge < -0.3 is 0 Å². The molecule has 0 fully saturated rings. The van der Waals surface area contributed by atoms with E-state index in [4.69, 9.17) is 0 Å². The lowest BCUT2D eigenvalue weighted by Gasteiger charge is -2.20. The van der Waals surface area contributed by atoms with Gasteiger partial charge >= 0.3 is 0 Å². The zero-order valence-corrected chi connectivity index (χ0v) is 8.25. The van der Waals surface area contributed by atoms with Gasteiger partial charge in [-0.05, 0) is 30.0 Å². The van der Waals surface area contributed by atoms with Gasteiger partial charge in [0.15, 0.2) is 0 Å². The maximum Gasteiger partial charge on any atom is 0.0509 e. The largest absolute Gasteiger partial charge is 0.260 e. The van der Waals surface area contributed by atoms with E-state index in [9.17, 15) is 0 Å². The third-order valence-corrected chi connectivity index (χ3v) is 2.75. The predicted octanol–water partition coefficient (Wildman–Crippen LogP) is 3.38. The van der Waals surface area contributed by atoms with Crippen molar-refractivity contribution in [3.05, 3.63) is 35.7 Å². The first-order valence-corrected chi connectivity index (χ1v) is 4.97. The zero-order valence-electron chi connectivity index (χ0n) is 8.25. The molecule has 0 aliphatic heterocycles. The molecule has 1 aliphatic rings. The molecule has 1 heteroatoms. The van der Waals surface area contributed by atoms with Crippen molar-refractivity contribution in [3.63, 3.8) is 0 Å². The molecule has 0 amide bonds. The summed E-state index contributed by atoms with van der Waals surface area (Å²) >= 11 is 0. The molecule has 0 N–H and O–H groups in total. The molecule has 1 aliphatic carbocycles. The van der Waals surface area contributed by atoms with E-state index in [0.717, 1.165) is 12.8 Å². The van der Waals surface area contributed by atoms with Crippen LogP contribution >= 0.6 is 0 Å². The summed E-state index contributed by atoms with van der Waals surface area (Å²) in [5, 5.41) is 0. The first kappa shape index (κ1) is 8.49. The Kier molecular flexibility index (Phi) is 2.17. The lowest BCUT2D eigenvalue weighted by atomic mass is 9.87. The molecule has 1 nitrogen and oxygen atoms in total. The standard InChI is InChI=1S/C12H15N/c1-3-10-7-6-9(2)12-11(10)5-4-8-13-12/h4-5,7-9H,3,6H2,1-2H3. The number of rotatable bonds is 1. The van der Waals surface area contributed by atoms with Crippen LogP contribution in [0, 0.1) is 0 Å². The van der Waals surface area contributed by atoms with E-state index in [1.165, 1.54) is 16.8 Å². The third-order valence-electron chi connectivity index (χ3n) is 2.75. The van der Waals surface area contributed by atoms with Crippen LogP contribution in [0.5, 0.6) is 0 Å². The molecule has 0 bridgehead atoms. The van der Waals surface area contributed by atoms with Gasteiger partial charge in [-0.3, -0.25) is 4.98 Å². The van der Waals surface area contributed by atoms with E-state index < -0.39 is 0 Å². The number of fused-ring (bicyclic) bond motifs is 1. The van der Waals surface area contributed by atoms with Gasteiger partial charge in [-0.15, -0.1) is 0 Å². The summed E-state index contributed by atoms with van der Waals surface area (Å²) in [6.07, 6.45) is 6.52. The molecule has 0 spiro atoms. The summed E-state index contributed by atoms with van der Waals surface area (Å²) in [4.78, 5) is 4.46. The van der Waals surface area contributed by atoms with Crippen LogP contribution in [0.2, 0.25) is 0 Å². The van der Waals surface area contributed by atoms with Crippen LogP contribution in [0.3, 0.4) is 0 Å². The van der Waals surface area contributed by atoms with Crippen molar-refractivity contribution in [1.82, 2.24) is 4.98 Å². The number of allylic oxidation sites excluding steroid dienone is 2. The number of hydrogen-bond acceptors (Lipinski definition) is 1. The first-order chi connectivity index (χ1) is 6.33. The second-order valence-electron chi connectivity index (χ2n) is 3.66. The zero-order chi connectivity index (χ0) is 9.26. The summed E-state index contributed by atoms with van der Waals surface area (Å²) in [5.41, 5.74) is 4.10. The molecular formula is C12H15N. The van der Waals surface area contributed by atoms with Crippen LogP contribution in [-0.4, -0.2) is 4.98 Å². The minimum atomic E-state index is 0.589. The fraction of sp³-hybridized carbons (Fsp3) is 0.417. The summed E-state index contributed by atoms with van der Waals surface area (Å²) in [6.45, 7) is 4.45. The van der Waals surface area contributed by atoms with Crippen LogP contribution < -0.4 is 0 Å². The Bertz CT molecular complexity index is 339. The van der Waals surface area contributed by atoms with Crippen LogP contribution in [0.1, 0.15) is 43.9 Å². The van der Waals surface area contributed by atoms with E-state index in [-0.39, 0.29) is 0 Å². The maximum absolute atomic E-state index is 4.46. The van der Waals surface area contributed by atoms with Gasteiger partial charge in [0.25, 0.3) is 0 Å². The van der Waals surface area contributed by atoms with Crippen LogP contribution in [0.15, 0.2) is 24.4 Å². The quantitative estimate of drug-likeness (QED) is 0.634. The van der Waals surface area contributed by atoms with Crippen LogP contribution in [-0.2, 0) is 0 Å². The molecule has 1 atom stereocenters. The molecular weight excluding hydrogens is 158 g/mol. The van der Waals surface area contributed by atoms with Gasteiger partial charge in [0.05, 0.1) is 5.69 Å². The summed E-state index contributed by atoms with van der Waals surface area (Å²) < 4.78 is 0. The van der Waals surface area contributed by atoms with E-state index in [2.05, 4.69) is 31.0 Å². The van der Waals surface area contributed by atoms with E-state index >= 15 is 0 Å². The fourth-order valence-electron chi connectivity index (χ4n) is 1.96. The van der Waals surface area contributed by atoms with Crippen molar-refractivity contribution in [1.29, 1.82) is 0 Å². The summed E-state index contributed by atoms with van der Waals surface area (Å²) in [6, 6.07) is 4.22. The van der Waals surface area contributed by atoms with Crippen LogP contribution in [0.25, 0.3) is 5.57 Å². The van der Waals surface area contributed by atoms with Crippen molar-refractivity contribution >= 4 is 5.57 Å². The monoisotopic (exact) mass is 173 g/mol. The number of nitrogens with zero attached hydrogens (tertiary/aromatic N) is 1. The lowest BCUT2D eigenvalue weighted by Crippen LogP contribution is -2.05. The molecule has 1 heterocycles. The second kappa shape index (κ2) is 3.33. The van der Waals surface area contributed by atoms with Gasteiger partial charge in [0.1, 0.15) is 0 Å². The molecule has 1 aromatic rings. The van der Waals surface area contributed by atoms with Gasteiger partial charge in [-0.1, -0.05) is 26.0 Å². The van der Waals surface area contributed by atoms with Crippen molar-refractivity contribution in [3.8, 4) is 0 Å². The average Bonchev–Trinajstić information content (AvgIpc) is 2.19. The molecule has 1 unspecified atom stereocenters. The van der Waals surface area contributed by atoms with Crippen molar-refractivity contribution < 1.29 is 0 Å². The topological polar surface area (TPSA) is 12.9 Å². The molecule has 0 radical (unpaired) electrons. The Morgan fingerprint density at radius 1 is 1.54 bits per heavy atom. The highest BCUT2D eigenvalue weighted by atomic mass is 14.7. The van der Waals surface area contributed by atoms with Crippen molar-refractivity contribution in [2.75, 3.05) is 0 Å². The van der Waals surface area contributed by atoms with Crippen molar-refractivity contribution in [2.24, 2.45) is 0 Å². The van der Waals surface area contributed by atoms with E-state index in [0.29, 0.717) is 5.92 Å². The molecule has 0 saturated heterocycles. The molecule has 1 aromatic heterocycles. The Hall–Kier alpha value is -1.11. The lowest BCUT2D eigenvalue weighted by molar-refractivity contribution is 0.732. The highest BCUT2D eigenvalue weighted by molar-refractivity contribution is 5.69. The predicted molar refractivity (Wildman–Crippen MR) is 55.5 cm³/mol. The Labute approximate surface area is 79.5 Å². The van der Waals surface area contributed by atoms with Gasteiger partial charge in [-0.2, -0.15) is 0 Å². The Morgan fingerprint density at radius 3 is 3.15 bits per heavy atom. The van der Waals surface area contributed by atoms with E-state index in [1.807, 2.05) is 12.3 Å². The Morgan fingerprint density at radius 2 is 2.38 bits per heavy atom. The maximum atomic E-state index is 4.46. The van der Waals surface area contributed by atoms with Gasteiger partial charge in [0.2, 0.25) is 0 Å². The first-order valence-electron chi connectivity index (χ1n) is 4.97. The molecule has 2 rings (SSSR count). The smallest absolute Gasteiger partial charge is 0.0509 e. The third kappa shape index (κ3) is 1.39. The molecule has 0 aromatic carbocycles. The minimum Gasteiger partial charge on any atom is -0.260 e.